The maximum absolute atomic E-state index is 14.1. The number of nitrogens with zero attached hydrogens (tertiary/aromatic N) is 1. The van der Waals surface area contributed by atoms with Gasteiger partial charge in [0.25, 0.3) is 11.8 Å². The van der Waals surface area contributed by atoms with Gasteiger partial charge in [-0.25, -0.2) is 0 Å². The van der Waals surface area contributed by atoms with Crippen LogP contribution in [0, 0.1) is 0 Å². The molecule has 0 aliphatic carbocycles. The molecular weight excluding hydrogens is 689 g/mol. The van der Waals surface area contributed by atoms with E-state index in [1.165, 1.54) is 24.3 Å². The van der Waals surface area contributed by atoms with E-state index >= 15 is 0 Å². The molecule has 0 saturated heterocycles. The van der Waals surface area contributed by atoms with Crippen molar-refractivity contribution in [1.29, 1.82) is 0 Å². The topological polar surface area (TPSA) is 92.2 Å². The highest BCUT2D eigenvalue weighted by Crippen LogP contribution is 2.38. The highest BCUT2D eigenvalue weighted by molar-refractivity contribution is 6.39. The molecule has 6 rings (SSSR count). The lowest BCUT2D eigenvalue weighted by molar-refractivity contribution is -0.137. The molecule has 5 aromatic carbocycles. The maximum atomic E-state index is 14.1. The largest absolute Gasteiger partial charge is 0.417 e. The van der Waals surface area contributed by atoms with E-state index in [-0.39, 0.29) is 34.4 Å². The van der Waals surface area contributed by atoms with Crippen molar-refractivity contribution in [2.24, 2.45) is 7.05 Å². The van der Waals surface area contributed by atoms with Gasteiger partial charge in [-0.15, -0.1) is 0 Å². The van der Waals surface area contributed by atoms with E-state index in [2.05, 4.69) is 16.0 Å². The van der Waals surface area contributed by atoms with Crippen molar-refractivity contribution >= 4 is 45.9 Å². The minimum absolute atomic E-state index is 0.0124. The fourth-order valence-corrected chi connectivity index (χ4v) is 6.60. The van der Waals surface area contributed by atoms with Gasteiger partial charge < -0.3 is 20.5 Å². The van der Waals surface area contributed by atoms with Crippen LogP contribution < -0.4 is 16.0 Å². The van der Waals surface area contributed by atoms with Gasteiger partial charge in [0, 0.05) is 31.2 Å². The molecule has 0 saturated carbocycles. The number of amides is 3. The van der Waals surface area contributed by atoms with Crippen molar-refractivity contribution in [1.82, 2.24) is 15.2 Å². The Bertz CT molecular complexity index is 2220. The fourth-order valence-electron chi connectivity index (χ4n) is 6.24. The number of hydrogen-bond acceptors (Lipinski definition) is 3. The predicted octanol–water partition coefficient (Wildman–Crippen LogP) is 8.64. The lowest BCUT2D eigenvalue weighted by atomic mass is 9.94. The van der Waals surface area contributed by atoms with E-state index in [0.717, 1.165) is 17.2 Å². The number of fused-ring (bicyclic) bond motifs is 1. The lowest BCUT2D eigenvalue weighted by Crippen LogP contribution is -2.38. The summed E-state index contributed by atoms with van der Waals surface area (Å²) in [6.45, 7) is 0.408. The number of carbonyl (C=O) groups excluding carboxylic acids is 3. The molecule has 0 fully saturated rings. The summed E-state index contributed by atoms with van der Waals surface area (Å²) in [4.78, 5) is 40.6. The molecule has 264 valence electrons. The van der Waals surface area contributed by atoms with E-state index in [1.807, 2.05) is 60.7 Å². The first-order chi connectivity index (χ1) is 25.0. The summed E-state index contributed by atoms with van der Waals surface area (Å²) in [6, 6.07) is 35.5. The molecule has 7 nitrogen and oxygen atoms in total. The average molecular weight is 723 g/mol. The average Bonchev–Trinajstić information content (AvgIpc) is 3.40. The van der Waals surface area contributed by atoms with Crippen molar-refractivity contribution in [3.05, 3.63) is 160 Å². The second-order valence-electron chi connectivity index (χ2n) is 12.2. The normalized spacial score (nSPS) is 11.9. The number of anilines is 1. The van der Waals surface area contributed by atoms with Crippen LogP contribution in [0.3, 0.4) is 0 Å². The number of hydrogen-bond donors (Lipinski definition) is 3. The standard InChI is InChI=1S/C41H34ClF3N4O3/c1-49-34-21-20-29(48-39(51)35-30(27-14-7-3-8-15-27)18-11-19-33(35)41(43,44)45)24-31(34)36(42)37(49)40(52)47-25-32(28-16-9-4-10-17-28)38(50)46-23-22-26-12-5-2-6-13-26/h2-21,24,32H,22-23,25H2,1H3,(H,46,50)(H,47,52)(H,48,51). The van der Waals surface area contributed by atoms with Crippen molar-refractivity contribution in [2.45, 2.75) is 18.5 Å². The predicted molar refractivity (Wildman–Crippen MR) is 197 cm³/mol. The van der Waals surface area contributed by atoms with Gasteiger partial charge in [0.2, 0.25) is 5.91 Å². The molecule has 6 aromatic rings. The third-order valence-corrected chi connectivity index (χ3v) is 9.22. The van der Waals surface area contributed by atoms with E-state index in [1.54, 1.807) is 48.0 Å². The highest BCUT2D eigenvalue weighted by atomic mass is 35.5. The third kappa shape index (κ3) is 7.87. The summed E-state index contributed by atoms with van der Waals surface area (Å²) >= 11 is 6.77. The van der Waals surface area contributed by atoms with Gasteiger partial charge in [-0.3, -0.25) is 14.4 Å². The van der Waals surface area contributed by atoms with Crippen LogP contribution in [0.15, 0.2) is 127 Å². The quantitative estimate of drug-likeness (QED) is 0.125. The molecule has 3 amide bonds. The minimum Gasteiger partial charge on any atom is -0.355 e. The first kappa shape index (κ1) is 35.9. The number of benzene rings is 5. The van der Waals surface area contributed by atoms with Gasteiger partial charge >= 0.3 is 6.18 Å². The van der Waals surface area contributed by atoms with Crippen LogP contribution in [-0.4, -0.2) is 35.4 Å². The zero-order valence-corrected chi connectivity index (χ0v) is 28.8. The number of aryl methyl sites for hydroxylation is 1. The highest BCUT2D eigenvalue weighted by Gasteiger charge is 2.37. The first-order valence-corrected chi connectivity index (χ1v) is 16.9. The number of aromatic nitrogens is 1. The van der Waals surface area contributed by atoms with Gasteiger partial charge in [0.15, 0.2) is 0 Å². The van der Waals surface area contributed by atoms with Crippen LogP contribution >= 0.6 is 11.6 Å². The smallest absolute Gasteiger partial charge is 0.355 e. The number of halogens is 4. The number of nitrogens with one attached hydrogen (secondary N) is 3. The summed E-state index contributed by atoms with van der Waals surface area (Å²) < 4.78 is 44.0. The molecule has 1 aromatic heterocycles. The Balaban J connectivity index is 1.22. The zero-order chi connectivity index (χ0) is 36.8. The van der Waals surface area contributed by atoms with E-state index < -0.39 is 35.0 Å². The Hall–Kier alpha value is -5.87. The van der Waals surface area contributed by atoms with Crippen LogP contribution in [0.4, 0.5) is 18.9 Å². The van der Waals surface area contributed by atoms with E-state index in [0.29, 0.717) is 29.4 Å². The number of rotatable bonds is 11. The maximum Gasteiger partial charge on any atom is 0.417 e. The molecule has 3 N–H and O–H groups in total. The van der Waals surface area contributed by atoms with E-state index in [9.17, 15) is 27.6 Å². The van der Waals surface area contributed by atoms with Crippen LogP contribution in [0.25, 0.3) is 22.0 Å². The summed E-state index contributed by atoms with van der Waals surface area (Å²) in [5.41, 5.74) is 1.66. The van der Waals surface area contributed by atoms with Crippen molar-refractivity contribution < 1.29 is 27.6 Å². The lowest BCUT2D eigenvalue weighted by Gasteiger charge is -2.18. The number of alkyl halides is 3. The second kappa shape index (κ2) is 15.6. The van der Waals surface area contributed by atoms with E-state index in [4.69, 9.17) is 11.6 Å². The van der Waals surface area contributed by atoms with Gasteiger partial charge in [0.1, 0.15) is 5.69 Å². The van der Waals surface area contributed by atoms with Gasteiger partial charge in [-0.2, -0.15) is 13.2 Å². The fraction of sp³-hybridized carbons (Fsp3) is 0.146. The summed E-state index contributed by atoms with van der Waals surface area (Å²) in [5, 5.41) is 8.92. The monoisotopic (exact) mass is 722 g/mol. The molecule has 52 heavy (non-hydrogen) atoms. The van der Waals surface area contributed by atoms with Gasteiger partial charge in [-0.05, 0) is 52.9 Å². The minimum atomic E-state index is -4.78. The molecule has 0 aliphatic heterocycles. The summed E-state index contributed by atoms with van der Waals surface area (Å²) in [5.74, 6) is -2.41. The van der Waals surface area contributed by atoms with Crippen LogP contribution in [-0.2, 0) is 24.4 Å². The van der Waals surface area contributed by atoms with Crippen molar-refractivity contribution in [2.75, 3.05) is 18.4 Å². The molecule has 1 heterocycles. The molecule has 11 heteroatoms. The van der Waals surface area contributed by atoms with Crippen LogP contribution in [0.2, 0.25) is 5.02 Å². The molecule has 0 spiro atoms. The molecular formula is C41H34ClF3N4O3. The van der Waals surface area contributed by atoms with Crippen molar-refractivity contribution in [3.8, 4) is 11.1 Å². The van der Waals surface area contributed by atoms with Crippen molar-refractivity contribution in [3.63, 3.8) is 0 Å². The first-order valence-electron chi connectivity index (χ1n) is 16.5. The summed E-state index contributed by atoms with van der Waals surface area (Å²) in [6.07, 6.45) is -4.13. The van der Waals surface area contributed by atoms with Crippen LogP contribution in [0.5, 0.6) is 0 Å². The third-order valence-electron chi connectivity index (χ3n) is 8.83. The molecule has 0 bridgehead atoms. The Morgan fingerprint density at radius 2 is 1.42 bits per heavy atom. The summed E-state index contributed by atoms with van der Waals surface area (Å²) in [7, 11) is 1.65. The van der Waals surface area contributed by atoms with Gasteiger partial charge in [0.05, 0.1) is 27.6 Å². The van der Waals surface area contributed by atoms with Gasteiger partial charge in [-0.1, -0.05) is 115 Å². The Kier molecular flexibility index (Phi) is 10.8. The Morgan fingerprint density at radius 1 is 0.769 bits per heavy atom. The molecule has 1 unspecified atom stereocenters. The Labute approximate surface area is 303 Å². The molecule has 0 aliphatic rings. The zero-order valence-electron chi connectivity index (χ0n) is 28.0. The Morgan fingerprint density at radius 3 is 2.10 bits per heavy atom. The molecule has 1 atom stereocenters. The number of carbonyl (C=O) groups is 3. The second-order valence-corrected chi connectivity index (χ2v) is 12.6. The molecule has 0 radical (unpaired) electrons. The van der Waals surface area contributed by atoms with Crippen LogP contribution in [0.1, 0.15) is 43.5 Å². The SMILES string of the molecule is Cn1c(C(=O)NCC(C(=O)NCCc2ccccc2)c2ccccc2)c(Cl)c2cc(NC(=O)c3c(-c4ccccc4)cccc3C(F)(F)F)ccc21.